The van der Waals surface area contributed by atoms with Crippen molar-refractivity contribution in [2.75, 3.05) is 0 Å². The van der Waals surface area contributed by atoms with Gasteiger partial charge in [0.2, 0.25) is 0 Å². The van der Waals surface area contributed by atoms with Crippen LogP contribution in [0.4, 0.5) is 4.39 Å². The molecule has 0 saturated heterocycles. The van der Waals surface area contributed by atoms with Crippen molar-refractivity contribution in [3.05, 3.63) is 80.5 Å². The first-order valence-corrected chi connectivity index (χ1v) is 7.83. The molecule has 4 heteroatoms. The van der Waals surface area contributed by atoms with Crippen LogP contribution >= 0.6 is 31.9 Å². The third-order valence-corrected chi connectivity index (χ3v) is 4.63. The van der Waals surface area contributed by atoms with Gasteiger partial charge in [-0.15, -0.1) is 0 Å². The lowest BCUT2D eigenvalue weighted by atomic mass is 9.97. The summed E-state index contributed by atoms with van der Waals surface area (Å²) in [5.74, 6) is -0.632. The highest BCUT2D eigenvalue weighted by molar-refractivity contribution is 9.11. The van der Waals surface area contributed by atoms with Gasteiger partial charge < -0.3 is 0 Å². The van der Waals surface area contributed by atoms with Crippen LogP contribution in [0, 0.1) is 5.82 Å². The Balaban J connectivity index is 2.18. The summed E-state index contributed by atoms with van der Waals surface area (Å²) in [6.45, 7) is 0. The largest absolute Gasteiger partial charge is 0.289 e. The minimum atomic E-state index is -0.442. The minimum Gasteiger partial charge on any atom is -0.289 e. The van der Waals surface area contributed by atoms with E-state index >= 15 is 0 Å². The van der Waals surface area contributed by atoms with Gasteiger partial charge in [-0.3, -0.25) is 4.79 Å². The molecule has 0 heterocycles. The Bertz CT molecular complexity index is 859. The molecule has 0 spiro atoms. The number of benzene rings is 3. The number of ketones is 1. The van der Waals surface area contributed by atoms with Crippen LogP contribution in [0.3, 0.4) is 0 Å². The predicted octanol–water partition coefficient (Wildman–Crippen LogP) is 5.73. The van der Waals surface area contributed by atoms with Crippen LogP contribution in [0.2, 0.25) is 0 Å². The number of halogens is 3. The summed E-state index contributed by atoms with van der Waals surface area (Å²) >= 11 is 6.57. The van der Waals surface area contributed by atoms with Crippen molar-refractivity contribution in [1.82, 2.24) is 0 Å². The molecule has 0 saturated carbocycles. The SMILES string of the molecule is O=C(c1ccc(Br)c(F)c1)c1ccc(Br)c2ccccc12. The molecule has 0 radical (unpaired) electrons. The van der Waals surface area contributed by atoms with E-state index < -0.39 is 5.82 Å². The molecular formula is C17H9Br2FO. The summed E-state index contributed by atoms with van der Waals surface area (Å²) in [6.07, 6.45) is 0. The highest BCUT2D eigenvalue weighted by Gasteiger charge is 2.15. The zero-order valence-electron chi connectivity index (χ0n) is 10.7. The second kappa shape index (κ2) is 5.70. The summed E-state index contributed by atoms with van der Waals surface area (Å²) in [6, 6.07) is 15.6. The van der Waals surface area contributed by atoms with E-state index in [9.17, 15) is 9.18 Å². The van der Waals surface area contributed by atoms with E-state index in [-0.39, 0.29) is 5.78 Å². The fourth-order valence-electron chi connectivity index (χ4n) is 2.25. The molecule has 0 aromatic heterocycles. The van der Waals surface area contributed by atoms with Gasteiger partial charge in [-0.2, -0.15) is 0 Å². The normalized spacial score (nSPS) is 10.8. The Hall–Kier alpha value is -1.52. The molecule has 21 heavy (non-hydrogen) atoms. The zero-order valence-corrected chi connectivity index (χ0v) is 13.9. The minimum absolute atomic E-state index is 0.190. The van der Waals surface area contributed by atoms with Crippen molar-refractivity contribution in [1.29, 1.82) is 0 Å². The van der Waals surface area contributed by atoms with Crippen molar-refractivity contribution >= 4 is 48.4 Å². The Kier molecular flexibility index (Phi) is 3.91. The van der Waals surface area contributed by atoms with Gasteiger partial charge in [0.25, 0.3) is 0 Å². The van der Waals surface area contributed by atoms with Crippen LogP contribution in [0.15, 0.2) is 63.5 Å². The highest BCUT2D eigenvalue weighted by Crippen LogP contribution is 2.28. The average molecular weight is 408 g/mol. The van der Waals surface area contributed by atoms with Gasteiger partial charge in [0, 0.05) is 15.6 Å². The number of rotatable bonds is 2. The summed E-state index contributed by atoms with van der Waals surface area (Å²) in [5, 5.41) is 1.81. The maximum atomic E-state index is 13.6. The molecule has 3 aromatic rings. The van der Waals surface area contributed by atoms with E-state index in [1.165, 1.54) is 6.07 Å². The molecule has 1 nitrogen and oxygen atoms in total. The van der Waals surface area contributed by atoms with E-state index in [1.807, 2.05) is 30.3 Å². The molecule has 0 atom stereocenters. The first-order valence-electron chi connectivity index (χ1n) is 6.25. The first-order chi connectivity index (χ1) is 10.1. The second-order valence-corrected chi connectivity index (χ2v) is 6.31. The van der Waals surface area contributed by atoms with E-state index in [0.717, 1.165) is 15.2 Å². The Morgan fingerprint density at radius 2 is 1.52 bits per heavy atom. The van der Waals surface area contributed by atoms with Crippen molar-refractivity contribution < 1.29 is 9.18 Å². The Morgan fingerprint density at radius 1 is 0.857 bits per heavy atom. The number of hydrogen-bond acceptors (Lipinski definition) is 1. The third kappa shape index (κ3) is 2.65. The van der Waals surface area contributed by atoms with Crippen LogP contribution in [0.25, 0.3) is 10.8 Å². The van der Waals surface area contributed by atoms with Gasteiger partial charge in [-0.1, -0.05) is 40.2 Å². The van der Waals surface area contributed by atoms with Crippen LogP contribution in [-0.2, 0) is 0 Å². The van der Waals surface area contributed by atoms with Crippen molar-refractivity contribution in [2.45, 2.75) is 0 Å². The molecule has 0 aliphatic carbocycles. The van der Waals surface area contributed by atoms with E-state index in [1.54, 1.807) is 18.2 Å². The van der Waals surface area contributed by atoms with Crippen molar-refractivity contribution in [3.8, 4) is 0 Å². The molecule has 0 N–H and O–H groups in total. The molecule has 0 bridgehead atoms. The molecule has 3 rings (SSSR count). The summed E-state index contributed by atoms with van der Waals surface area (Å²) < 4.78 is 14.9. The molecule has 0 fully saturated rings. The van der Waals surface area contributed by atoms with Gasteiger partial charge in [-0.05, 0) is 57.0 Å². The third-order valence-electron chi connectivity index (χ3n) is 3.30. The van der Waals surface area contributed by atoms with Crippen LogP contribution in [-0.4, -0.2) is 5.78 Å². The van der Waals surface area contributed by atoms with Gasteiger partial charge >= 0.3 is 0 Å². The molecule has 0 unspecified atom stereocenters. The second-order valence-electron chi connectivity index (χ2n) is 4.60. The molecule has 0 amide bonds. The topological polar surface area (TPSA) is 17.1 Å². The Labute approximate surface area is 138 Å². The number of fused-ring (bicyclic) bond motifs is 1. The lowest BCUT2D eigenvalue weighted by Gasteiger charge is -2.08. The summed E-state index contributed by atoms with van der Waals surface area (Å²) in [4.78, 5) is 12.6. The average Bonchev–Trinajstić information content (AvgIpc) is 2.50. The van der Waals surface area contributed by atoms with Crippen LogP contribution in [0.1, 0.15) is 15.9 Å². The molecule has 0 aliphatic rings. The number of carbonyl (C=O) groups excluding carboxylic acids is 1. The fourth-order valence-corrected chi connectivity index (χ4v) is 2.98. The summed E-state index contributed by atoms with van der Waals surface area (Å²) in [5.41, 5.74) is 0.902. The van der Waals surface area contributed by atoms with Crippen LogP contribution < -0.4 is 0 Å². The van der Waals surface area contributed by atoms with E-state index in [2.05, 4.69) is 31.9 Å². The summed E-state index contributed by atoms with van der Waals surface area (Å²) in [7, 11) is 0. The van der Waals surface area contributed by atoms with Gasteiger partial charge in [0.05, 0.1) is 4.47 Å². The van der Waals surface area contributed by atoms with Gasteiger partial charge in [0.15, 0.2) is 5.78 Å². The monoisotopic (exact) mass is 406 g/mol. The quantitative estimate of drug-likeness (QED) is 0.495. The maximum Gasteiger partial charge on any atom is 0.193 e. The molecular weight excluding hydrogens is 399 g/mol. The standard InChI is InChI=1S/C17H9Br2FO/c18-14-8-6-13(11-3-1-2-4-12(11)14)17(21)10-5-7-15(19)16(20)9-10/h1-9H. The molecule has 0 aliphatic heterocycles. The molecule has 3 aromatic carbocycles. The maximum absolute atomic E-state index is 13.6. The van der Waals surface area contributed by atoms with Crippen molar-refractivity contribution in [3.63, 3.8) is 0 Å². The highest BCUT2D eigenvalue weighted by atomic mass is 79.9. The van der Waals surface area contributed by atoms with E-state index in [4.69, 9.17) is 0 Å². The number of carbonyl (C=O) groups is 1. The smallest absolute Gasteiger partial charge is 0.193 e. The molecule has 104 valence electrons. The van der Waals surface area contributed by atoms with Gasteiger partial charge in [0.1, 0.15) is 5.82 Å². The van der Waals surface area contributed by atoms with Crippen molar-refractivity contribution in [2.24, 2.45) is 0 Å². The lowest BCUT2D eigenvalue weighted by Crippen LogP contribution is -2.03. The zero-order chi connectivity index (χ0) is 15.0. The predicted molar refractivity (Wildman–Crippen MR) is 89.2 cm³/mol. The first kappa shape index (κ1) is 14.4. The lowest BCUT2D eigenvalue weighted by molar-refractivity contribution is 0.104. The Morgan fingerprint density at radius 3 is 2.24 bits per heavy atom. The van der Waals surface area contributed by atoms with Gasteiger partial charge in [-0.25, -0.2) is 4.39 Å². The van der Waals surface area contributed by atoms with Crippen LogP contribution in [0.5, 0.6) is 0 Å². The fraction of sp³-hybridized carbons (Fsp3) is 0. The van der Waals surface area contributed by atoms with E-state index in [0.29, 0.717) is 15.6 Å². The number of hydrogen-bond donors (Lipinski definition) is 0.